The predicted molar refractivity (Wildman–Crippen MR) is 75.3 cm³/mol. The van der Waals surface area contributed by atoms with E-state index in [2.05, 4.69) is 24.7 Å². The van der Waals surface area contributed by atoms with Crippen molar-refractivity contribution in [3.8, 4) is 5.75 Å². The normalized spacial score (nSPS) is 16.1. The Morgan fingerprint density at radius 1 is 1.26 bits per heavy atom. The van der Waals surface area contributed by atoms with E-state index in [0.717, 1.165) is 29.7 Å². The van der Waals surface area contributed by atoms with E-state index in [1.807, 2.05) is 13.0 Å². The van der Waals surface area contributed by atoms with Gasteiger partial charge in [-0.2, -0.15) is 0 Å². The highest BCUT2D eigenvalue weighted by Gasteiger charge is 2.53. The maximum absolute atomic E-state index is 12.3. The van der Waals surface area contributed by atoms with E-state index >= 15 is 0 Å². The maximum Gasteiger partial charge on any atom is 0.244 e. The van der Waals surface area contributed by atoms with Crippen LogP contribution >= 0.6 is 0 Å². The summed E-state index contributed by atoms with van der Waals surface area (Å²) in [5, 5.41) is 0. The summed E-state index contributed by atoms with van der Waals surface area (Å²) in [6.07, 6.45) is 1.82. The average molecular weight is 262 g/mol. The lowest BCUT2D eigenvalue weighted by Crippen LogP contribution is -2.42. The number of rotatable bonds is 4. The number of benzene rings is 1. The number of hydrazine groups is 1. The van der Waals surface area contributed by atoms with Crippen molar-refractivity contribution in [2.45, 2.75) is 39.0 Å². The number of carbonyl (C=O) groups is 1. The fourth-order valence-corrected chi connectivity index (χ4v) is 2.94. The van der Waals surface area contributed by atoms with Crippen molar-refractivity contribution in [1.82, 2.24) is 10.9 Å². The number of hydrogen-bond donors (Lipinski definition) is 2. The standard InChI is InChI=1S/C15H22N2O2/c1-9-8-12(19-5)10(2)11(3)13(9)15(6-7-15)14(18)17-16-4/h8,16H,6-7H2,1-5H3,(H,17,18). The van der Waals surface area contributed by atoms with Crippen LogP contribution < -0.4 is 15.6 Å². The van der Waals surface area contributed by atoms with Gasteiger partial charge in [-0.15, -0.1) is 0 Å². The second kappa shape index (κ2) is 4.85. The predicted octanol–water partition coefficient (Wildman–Crippen LogP) is 1.90. The Morgan fingerprint density at radius 3 is 2.37 bits per heavy atom. The Labute approximate surface area is 114 Å². The highest BCUT2D eigenvalue weighted by Crippen LogP contribution is 2.51. The maximum atomic E-state index is 12.3. The Morgan fingerprint density at radius 2 is 1.89 bits per heavy atom. The second-order valence-electron chi connectivity index (χ2n) is 5.31. The number of nitrogens with one attached hydrogen (secondary N) is 2. The third kappa shape index (κ3) is 2.10. The van der Waals surface area contributed by atoms with E-state index in [4.69, 9.17) is 4.74 Å². The van der Waals surface area contributed by atoms with Gasteiger partial charge >= 0.3 is 0 Å². The van der Waals surface area contributed by atoms with Crippen molar-refractivity contribution in [3.63, 3.8) is 0 Å². The van der Waals surface area contributed by atoms with Crippen molar-refractivity contribution >= 4 is 5.91 Å². The molecular formula is C15H22N2O2. The average Bonchev–Trinajstić information content (AvgIpc) is 3.16. The van der Waals surface area contributed by atoms with Gasteiger partial charge in [-0.3, -0.25) is 10.2 Å². The molecule has 0 aromatic heterocycles. The van der Waals surface area contributed by atoms with Crippen LogP contribution in [-0.4, -0.2) is 20.1 Å². The Hall–Kier alpha value is -1.55. The number of amides is 1. The van der Waals surface area contributed by atoms with Crippen LogP contribution in [0.1, 0.15) is 35.1 Å². The molecule has 0 radical (unpaired) electrons. The summed E-state index contributed by atoms with van der Waals surface area (Å²) in [6, 6.07) is 2.03. The molecule has 1 aromatic rings. The summed E-state index contributed by atoms with van der Waals surface area (Å²) in [5.41, 5.74) is 9.69. The second-order valence-corrected chi connectivity index (χ2v) is 5.31. The third-order valence-electron chi connectivity index (χ3n) is 4.17. The minimum atomic E-state index is -0.353. The Bertz CT molecular complexity index is 519. The molecule has 1 aliphatic rings. The molecule has 0 bridgehead atoms. The molecule has 1 aromatic carbocycles. The van der Waals surface area contributed by atoms with Gasteiger partial charge in [0.05, 0.1) is 12.5 Å². The van der Waals surface area contributed by atoms with Crippen molar-refractivity contribution < 1.29 is 9.53 Å². The Kier molecular flexibility index (Phi) is 3.54. The molecule has 0 saturated heterocycles. The van der Waals surface area contributed by atoms with Gasteiger partial charge in [0.15, 0.2) is 0 Å². The van der Waals surface area contributed by atoms with Gasteiger partial charge < -0.3 is 4.74 Å². The summed E-state index contributed by atoms with van der Waals surface area (Å²) in [7, 11) is 3.40. The lowest BCUT2D eigenvalue weighted by molar-refractivity contribution is -0.124. The molecule has 1 aliphatic carbocycles. The van der Waals surface area contributed by atoms with Gasteiger partial charge in [0, 0.05) is 7.05 Å². The molecule has 0 spiro atoms. The van der Waals surface area contributed by atoms with Gasteiger partial charge in [-0.1, -0.05) is 0 Å². The number of methoxy groups -OCH3 is 1. The van der Waals surface area contributed by atoms with E-state index in [9.17, 15) is 4.79 Å². The van der Waals surface area contributed by atoms with Crippen LogP contribution in [0.5, 0.6) is 5.75 Å². The zero-order chi connectivity index (χ0) is 14.2. The first kappa shape index (κ1) is 13.9. The minimum Gasteiger partial charge on any atom is -0.496 e. The fourth-order valence-electron chi connectivity index (χ4n) is 2.94. The van der Waals surface area contributed by atoms with Crippen molar-refractivity contribution in [1.29, 1.82) is 0 Å². The zero-order valence-corrected chi connectivity index (χ0v) is 12.3. The highest BCUT2D eigenvalue weighted by molar-refractivity contribution is 5.92. The Balaban J connectivity index is 2.52. The SMILES string of the molecule is CNNC(=O)C1(c2c(C)cc(OC)c(C)c2C)CC1. The van der Waals surface area contributed by atoms with Gasteiger partial charge in [0.25, 0.3) is 0 Å². The van der Waals surface area contributed by atoms with Crippen LogP contribution in [0.4, 0.5) is 0 Å². The minimum absolute atomic E-state index is 0.0609. The molecule has 104 valence electrons. The molecule has 1 fully saturated rings. The topological polar surface area (TPSA) is 50.4 Å². The molecule has 0 atom stereocenters. The largest absolute Gasteiger partial charge is 0.496 e. The van der Waals surface area contributed by atoms with Crippen LogP contribution in [0.25, 0.3) is 0 Å². The van der Waals surface area contributed by atoms with Crippen LogP contribution in [-0.2, 0) is 10.2 Å². The van der Waals surface area contributed by atoms with E-state index in [-0.39, 0.29) is 11.3 Å². The number of carbonyl (C=O) groups excluding carboxylic acids is 1. The lowest BCUT2D eigenvalue weighted by Gasteiger charge is -2.23. The molecule has 2 rings (SSSR count). The molecule has 19 heavy (non-hydrogen) atoms. The summed E-state index contributed by atoms with van der Waals surface area (Å²) >= 11 is 0. The van der Waals surface area contributed by atoms with Crippen molar-refractivity contribution in [3.05, 3.63) is 28.3 Å². The first-order chi connectivity index (χ1) is 8.97. The summed E-state index contributed by atoms with van der Waals surface area (Å²) < 4.78 is 5.39. The molecular weight excluding hydrogens is 240 g/mol. The smallest absolute Gasteiger partial charge is 0.244 e. The quantitative estimate of drug-likeness (QED) is 0.815. The van der Waals surface area contributed by atoms with Crippen LogP contribution in [0.2, 0.25) is 0 Å². The van der Waals surface area contributed by atoms with Crippen LogP contribution in [0, 0.1) is 20.8 Å². The van der Waals surface area contributed by atoms with Crippen LogP contribution in [0.3, 0.4) is 0 Å². The number of hydrogen-bond acceptors (Lipinski definition) is 3. The summed E-state index contributed by atoms with van der Waals surface area (Å²) in [4.78, 5) is 12.3. The molecule has 1 saturated carbocycles. The molecule has 4 heteroatoms. The van der Waals surface area contributed by atoms with E-state index in [0.29, 0.717) is 0 Å². The molecule has 4 nitrogen and oxygen atoms in total. The highest BCUT2D eigenvalue weighted by atomic mass is 16.5. The summed E-state index contributed by atoms with van der Waals surface area (Å²) in [6.45, 7) is 6.17. The molecule has 0 heterocycles. The van der Waals surface area contributed by atoms with Crippen molar-refractivity contribution in [2.75, 3.05) is 14.2 Å². The first-order valence-electron chi connectivity index (χ1n) is 6.60. The van der Waals surface area contributed by atoms with Gasteiger partial charge in [-0.05, 0) is 61.9 Å². The number of ether oxygens (including phenoxy) is 1. The fraction of sp³-hybridized carbons (Fsp3) is 0.533. The molecule has 2 N–H and O–H groups in total. The van der Waals surface area contributed by atoms with E-state index in [1.54, 1.807) is 14.2 Å². The molecule has 1 amide bonds. The number of aryl methyl sites for hydroxylation is 1. The van der Waals surface area contributed by atoms with Gasteiger partial charge in [0.2, 0.25) is 5.91 Å². The zero-order valence-electron chi connectivity index (χ0n) is 12.3. The summed E-state index contributed by atoms with van der Waals surface area (Å²) in [5.74, 6) is 0.953. The lowest BCUT2D eigenvalue weighted by atomic mass is 9.85. The monoisotopic (exact) mass is 262 g/mol. The molecule has 0 unspecified atom stereocenters. The third-order valence-corrected chi connectivity index (χ3v) is 4.17. The molecule has 0 aliphatic heterocycles. The first-order valence-corrected chi connectivity index (χ1v) is 6.60. The van der Waals surface area contributed by atoms with Gasteiger partial charge in [0.1, 0.15) is 5.75 Å². The van der Waals surface area contributed by atoms with Crippen molar-refractivity contribution in [2.24, 2.45) is 0 Å². The van der Waals surface area contributed by atoms with Gasteiger partial charge in [-0.25, -0.2) is 5.43 Å². The van der Waals surface area contributed by atoms with E-state index in [1.165, 1.54) is 11.1 Å². The van der Waals surface area contributed by atoms with Crippen LogP contribution in [0.15, 0.2) is 6.07 Å². The van der Waals surface area contributed by atoms with E-state index < -0.39 is 0 Å².